The first kappa shape index (κ1) is 21.0. The van der Waals surface area contributed by atoms with Gasteiger partial charge in [0.05, 0.1) is 10.5 Å². The first-order valence-corrected chi connectivity index (χ1v) is 12.1. The van der Waals surface area contributed by atoms with Crippen molar-refractivity contribution >= 4 is 61.3 Å². The van der Waals surface area contributed by atoms with Gasteiger partial charge in [-0.25, -0.2) is 13.2 Å². The topological polar surface area (TPSA) is 83.5 Å². The molecule has 0 N–H and O–H groups in total. The molecule has 0 bridgehead atoms. The van der Waals surface area contributed by atoms with Crippen LogP contribution in [0.2, 0.25) is 0 Å². The lowest BCUT2D eigenvalue weighted by Gasteiger charge is -2.25. The Morgan fingerprint density at radius 3 is 2.33 bits per heavy atom. The van der Waals surface area contributed by atoms with Gasteiger partial charge in [0.2, 0.25) is 0 Å². The molecule has 27 heavy (non-hydrogen) atoms. The van der Waals surface area contributed by atoms with Crippen LogP contribution < -0.4 is 4.74 Å². The molecule has 0 atom stereocenters. The predicted molar refractivity (Wildman–Crippen MR) is 117 cm³/mol. The van der Waals surface area contributed by atoms with Crippen molar-refractivity contribution < 1.29 is 22.5 Å². The van der Waals surface area contributed by atoms with Crippen LogP contribution in [-0.2, 0) is 10.1 Å². The number of esters is 1. The maximum absolute atomic E-state index is 12.6. The quantitative estimate of drug-likeness (QED) is 0.209. The third kappa shape index (κ3) is 5.21. The molecule has 1 aliphatic rings. The van der Waals surface area contributed by atoms with Gasteiger partial charge in [0.1, 0.15) is 15.9 Å². The van der Waals surface area contributed by atoms with Crippen molar-refractivity contribution in [2.75, 3.05) is 0 Å². The number of carbonyl (C=O) groups is 1. The van der Waals surface area contributed by atoms with E-state index in [1.54, 1.807) is 12.1 Å². The summed E-state index contributed by atoms with van der Waals surface area (Å²) in [6.07, 6.45) is 4.70. The first-order chi connectivity index (χ1) is 12.8. The molecule has 0 aliphatic heterocycles. The molecule has 0 spiro atoms. The minimum Gasteiger partial charge on any atom is -0.744 e. The van der Waals surface area contributed by atoms with Gasteiger partial charge in [-0.3, -0.25) is 0 Å². The van der Waals surface area contributed by atoms with Crippen molar-refractivity contribution in [2.24, 2.45) is 0 Å². The lowest BCUT2D eigenvalue weighted by Crippen LogP contribution is -2.14. The fourth-order valence-corrected chi connectivity index (χ4v) is 4.91. The minimum atomic E-state index is -4.60. The smallest absolute Gasteiger partial charge is 0.343 e. The third-order valence-electron chi connectivity index (χ3n) is 4.66. The van der Waals surface area contributed by atoms with E-state index >= 15 is 0 Å². The van der Waals surface area contributed by atoms with Crippen molar-refractivity contribution in [3.63, 3.8) is 0 Å². The molecule has 0 saturated heterocycles. The van der Waals surface area contributed by atoms with E-state index in [1.165, 1.54) is 18.2 Å². The number of hydrogen-bond donors (Lipinski definition) is 0. The number of ether oxygens (including phenoxy) is 1. The second-order valence-electron chi connectivity index (χ2n) is 6.51. The summed E-state index contributed by atoms with van der Waals surface area (Å²) in [6, 6.07) is 9.42. The molecule has 2 aromatic rings. The maximum atomic E-state index is 12.6. The third-order valence-corrected chi connectivity index (χ3v) is 8.44. The predicted octanol–water partition coefficient (Wildman–Crippen LogP) is 5.07. The average molecular weight is 611 g/mol. The molecule has 5 nitrogen and oxygen atoms in total. The second kappa shape index (κ2) is 8.75. The Kier molecular flexibility index (Phi) is 6.80. The number of rotatable bonds is 4. The Labute approximate surface area is 185 Å². The van der Waals surface area contributed by atoms with E-state index in [0.717, 1.165) is 39.2 Å². The summed E-state index contributed by atoms with van der Waals surface area (Å²) in [5.74, 6) is -0.173. The normalized spacial score (nSPS) is 15.5. The van der Waals surface area contributed by atoms with Crippen LogP contribution in [0.15, 0.2) is 41.3 Å². The van der Waals surface area contributed by atoms with Gasteiger partial charge in [0.25, 0.3) is 0 Å². The van der Waals surface area contributed by atoms with Crippen molar-refractivity contribution in [3.05, 3.63) is 54.7 Å². The van der Waals surface area contributed by atoms with E-state index in [9.17, 15) is 17.8 Å². The van der Waals surface area contributed by atoms with E-state index in [2.05, 4.69) is 45.2 Å². The van der Waals surface area contributed by atoms with Crippen LogP contribution in [0.3, 0.4) is 0 Å². The lowest BCUT2D eigenvalue weighted by molar-refractivity contribution is 0.0734. The summed E-state index contributed by atoms with van der Waals surface area (Å²) in [6.45, 7) is 0. The zero-order chi connectivity index (χ0) is 19.6. The van der Waals surface area contributed by atoms with Crippen LogP contribution in [-0.4, -0.2) is 18.9 Å². The highest BCUT2D eigenvalue weighted by Gasteiger charge is 2.23. The summed E-state index contributed by atoms with van der Waals surface area (Å²) in [5, 5.41) is 0. The van der Waals surface area contributed by atoms with Crippen LogP contribution >= 0.6 is 45.2 Å². The van der Waals surface area contributed by atoms with Crippen LogP contribution in [0, 0.1) is 7.14 Å². The molecule has 1 fully saturated rings. The molecule has 0 amide bonds. The van der Waals surface area contributed by atoms with Crippen molar-refractivity contribution in [2.45, 2.75) is 42.9 Å². The summed E-state index contributed by atoms with van der Waals surface area (Å²) >= 11 is 4.35. The Morgan fingerprint density at radius 1 is 1.00 bits per heavy atom. The van der Waals surface area contributed by atoms with Gasteiger partial charge >= 0.3 is 5.97 Å². The van der Waals surface area contributed by atoms with Gasteiger partial charge in [-0.2, -0.15) is 0 Å². The molecule has 144 valence electrons. The summed E-state index contributed by atoms with van der Waals surface area (Å²) in [5.41, 5.74) is 0.688. The summed E-state index contributed by atoms with van der Waals surface area (Å²) in [7, 11) is -4.60. The van der Waals surface area contributed by atoms with Gasteiger partial charge in [-0.05, 0) is 106 Å². The molecule has 1 aliphatic carbocycles. The number of carbonyl (C=O) groups excluding carboxylic acids is 1. The van der Waals surface area contributed by atoms with Gasteiger partial charge in [-0.15, -0.1) is 0 Å². The molecule has 0 heterocycles. The average Bonchev–Trinajstić information content (AvgIpc) is 2.64. The number of hydrogen-bond acceptors (Lipinski definition) is 5. The standard InChI is InChI=1S/C19H18I2O5S/c20-16-8-7-14(11-17(16)21)26-19(22)13-6-9-18(27(23,24)25)15(10-13)12-4-2-1-3-5-12/h6-12H,1-5H2,(H,23,24,25)/p-1. The number of benzene rings is 2. The SMILES string of the molecule is O=C(Oc1ccc(I)c(I)c1)c1ccc(S(=O)(=O)[O-])c(C2CCCCC2)c1. The Balaban J connectivity index is 1.93. The Morgan fingerprint density at radius 2 is 1.70 bits per heavy atom. The highest BCUT2D eigenvalue weighted by molar-refractivity contribution is 14.1. The van der Waals surface area contributed by atoms with E-state index in [1.807, 2.05) is 6.07 Å². The van der Waals surface area contributed by atoms with E-state index in [-0.39, 0.29) is 16.4 Å². The molecule has 3 rings (SSSR count). The Bertz CT molecular complexity index is 966. The minimum absolute atomic E-state index is 0.0236. The van der Waals surface area contributed by atoms with Gasteiger partial charge < -0.3 is 9.29 Å². The van der Waals surface area contributed by atoms with Crippen LogP contribution in [0.25, 0.3) is 0 Å². The largest absolute Gasteiger partial charge is 0.744 e. The summed E-state index contributed by atoms with van der Waals surface area (Å²) in [4.78, 5) is 12.3. The van der Waals surface area contributed by atoms with Crippen molar-refractivity contribution in [3.8, 4) is 5.75 Å². The molecule has 8 heteroatoms. The second-order valence-corrected chi connectivity index (χ2v) is 10.2. The van der Waals surface area contributed by atoms with Gasteiger partial charge in [0, 0.05) is 7.14 Å². The first-order valence-electron chi connectivity index (χ1n) is 8.53. The van der Waals surface area contributed by atoms with Crippen LogP contribution in [0.1, 0.15) is 53.9 Å². The van der Waals surface area contributed by atoms with Gasteiger partial charge in [-0.1, -0.05) is 19.3 Å². The molecule has 0 radical (unpaired) electrons. The molecule has 1 saturated carbocycles. The van der Waals surface area contributed by atoms with Gasteiger partial charge in [0.15, 0.2) is 0 Å². The summed E-state index contributed by atoms with van der Waals surface area (Å²) < 4.78 is 42.4. The van der Waals surface area contributed by atoms with E-state index in [0.29, 0.717) is 11.3 Å². The molecule has 0 aromatic heterocycles. The lowest BCUT2D eigenvalue weighted by atomic mass is 9.83. The van der Waals surface area contributed by atoms with Crippen LogP contribution in [0.5, 0.6) is 5.75 Å². The van der Waals surface area contributed by atoms with Crippen LogP contribution in [0.4, 0.5) is 0 Å². The highest BCUT2D eigenvalue weighted by atomic mass is 127. The molecule has 0 unspecified atom stereocenters. The molecular formula is C19H17I2O5S-. The zero-order valence-electron chi connectivity index (χ0n) is 14.3. The van der Waals surface area contributed by atoms with Crippen molar-refractivity contribution in [1.29, 1.82) is 0 Å². The molecule has 2 aromatic carbocycles. The fraction of sp³-hybridized carbons (Fsp3) is 0.316. The number of halogens is 2. The van der Waals surface area contributed by atoms with E-state index < -0.39 is 16.1 Å². The Hall–Kier alpha value is -0.720. The monoisotopic (exact) mass is 611 g/mol. The maximum Gasteiger partial charge on any atom is 0.343 e. The van der Waals surface area contributed by atoms with Crippen molar-refractivity contribution in [1.82, 2.24) is 0 Å². The fourth-order valence-electron chi connectivity index (χ4n) is 3.34. The molecular weight excluding hydrogens is 594 g/mol. The van der Waals surface area contributed by atoms with E-state index in [4.69, 9.17) is 4.74 Å². The zero-order valence-corrected chi connectivity index (χ0v) is 19.4. The highest BCUT2D eigenvalue weighted by Crippen LogP contribution is 2.36.